The third-order valence-corrected chi connectivity index (χ3v) is 1.80. The molecule has 0 aromatic carbocycles. The Hall–Kier alpha value is -1.64. The number of pyridine rings is 2. The van der Waals surface area contributed by atoms with Crippen molar-refractivity contribution in [2.45, 2.75) is 6.92 Å². The maximum Gasteiger partial charge on any atom is 0.0756 e. The van der Waals surface area contributed by atoms with Crippen LogP contribution in [-0.4, -0.2) is 9.97 Å². The second-order valence-corrected chi connectivity index (χ2v) is 2.74. The van der Waals surface area contributed by atoms with Gasteiger partial charge < -0.3 is 5.73 Å². The molecule has 0 spiro atoms. The Kier molecular flexibility index (Phi) is 1.43. The van der Waals surface area contributed by atoms with E-state index in [4.69, 9.17) is 5.73 Å². The van der Waals surface area contributed by atoms with Gasteiger partial charge >= 0.3 is 0 Å². The maximum absolute atomic E-state index is 5.73. The maximum atomic E-state index is 5.73. The van der Waals surface area contributed by atoms with Crippen LogP contribution in [-0.2, 0) is 0 Å². The number of nitrogens with zero attached hydrogens (tertiary/aromatic N) is 2. The van der Waals surface area contributed by atoms with Gasteiger partial charge in [-0.1, -0.05) is 0 Å². The van der Waals surface area contributed by atoms with E-state index < -0.39 is 0 Å². The fraction of sp³-hybridized carbons (Fsp3) is 0.111. The molecule has 0 saturated heterocycles. The summed E-state index contributed by atoms with van der Waals surface area (Å²) in [7, 11) is 0. The molecule has 0 aliphatic heterocycles. The van der Waals surface area contributed by atoms with Gasteiger partial charge in [0.1, 0.15) is 0 Å². The Bertz CT molecular complexity index is 423. The van der Waals surface area contributed by atoms with Crippen molar-refractivity contribution in [2.75, 3.05) is 5.73 Å². The zero-order valence-electron chi connectivity index (χ0n) is 6.78. The molecule has 12 heavy (non-hydrogen) atoms. The van der Waals surface area contributed by atoms with E-state index in [9.17, 15) is 0 Å². The number of nitrogens with two attached hydrogens (primary N) is 1. The van der Waals surface area contributed by atoms with Crippen LogP contribution in [0, 0.1) is 6.92 Å². The van der Waals surface area contributed by atoms with E-state index in [1.807, 2.05) is 13.0 Å². The minimum atomic E-state index is 0.729. The summed E-state index contributed by atoms with van der Waals surface area (Å²) in [5, 5.41) is 0.920. The second-order valence-electron chi connectivity index (χ2n) is 2.74. The van der Waals surface area contributed by atoms with Gasteiger partial charge in [0.2, 0.25) is 0 Å². The van der Waals surface area contributed by atoms with E-state index in [0.29, 0.717) is 0 Å². The lowest BCUT2D eigenvalue weighted by atomic mass is 10.2. The van der Waals surface area contributed by atoms with Crippen LogP contribution in [0.4, 0.5) is 5.69 Å². The molecule has 0 fully saturated rings. The average molecular weight is 159 g/mol. The topological polar surface area (TPSA) is 51.8 Å². The number of aryl methyl sites for hydroxylation is 1. The van der Waals surface area contributed by atoms with E-state index in [1.165, 1.54) is 0 Å². The van der Waals surface area contributed by atoms with Crippen LogP contribution >= 0.6 is 0 Å². The zero-order chi connectivity index (χ0) is 8.55. The average Bonchev–Trinajstić information content (AvgIpc) is 2.04. The molecule has 2 heterocycles. The minimum Gasteiger partial charge on any atom is -0.398 e. The predicted octanol–water partition coefficient (Wildman–Crippen LogP) is 1.52. The molecule has 0 amide bonds. The molecular weight excluding hydrogens is 150 g/mol. The number of nitrogen functional groups attached to an aromatic ring is 1. The van der Waals surface area contributed by atoms with Gasteiger partial charge in [-0.25, -0.2) is 0 Å². The van der Waals surface area contributed by atoms with Crippen molar-refractivity contribution in [2.24, 2.45) is 0 Å². The molecule has 3 nitrogen and oxygen atoms in total. The summed E-state index contributed by atoms with van der Waals surface area (Å²) in [6.45, 7) is 1.93. The molecule has 0 aliphatic rings. The summed E-state index contributed by atoms with van der Waals surface area (Å²) in [6.07, 6.45) is 3.46. The molecule has 2 N–H and O–H groups in total. The first-order chi connectivity index (χ1) is 5.77. The number of hydrogen-bond acceptors (Lipinski definition) is 3. The van der Waals surface area contributed by atoms with Crippen LogP contribution in [0.25, 0.3) is 10.9 Å². The second kappa shape index (κ2) is 2.44. The summed E-state index contributed by atoms with van der Waals surface area (Å²) in [6, 6.07) is 3.70. The molecule has 2 aromatic heterocycles. The predicted molar refractivity (Wildman–Crippen MR) is 48.7 cm³/mol. The van der Waals surface area contributed by atoms with Crippen molar-refractivity contribution in [1.82, 2.24) is 9.97 Å². The molecule has 2 aromatic rings. The van der Waals surface area contributed by atoms with E-state index in [-0.39, 0.29) is 0 Å². The van der Waals surface area contributed by atoms with Gasteiger partial charge in [-0.3, -0.25) is 9.97 Å². The molecule has 0 aliphatic carbocycles. The van der Waals surface area contributed by atoms with Crippen molar-refractivity contribution in [3.8, 4) is 0 Å². The lowest BCUT2D eigenvalue weighted by molar-refractivity contribution is 1.21. The van der Waals surface area contributed by atoms with Crippen molar-refractivity contribution in [3.63, 3.8) is 0 Å². The molecule has 3 heteroatoms. The Morgan fingerprint density at radius 3 is 3.00 bits per heavy atom. The lowest BCUT2D eigenvalue weighted by Gasteiger charge is -1.99. The van der Waals surface area contributed by atoms with Crippen molar-refractivity contribution in [1.29, 1.82) is 0 Å². The first kappa shape index (κ1) is 7.03. The first-order valence-corrected chi connectivity index (χ1v) is 3.74. The summed E-state index contributed by atoms with van der Waals surface area (Å²) in [5.41, 5.74) is 8.32. The highest BCUT2D eigenvalue weighted by Gasteiger charge is 1.97. The molecule has 0 saturated carbocycles. The van der Waals surface area contributed by atoms with Gasteiger partial charge in [0, 0.05) is 29.2 Å². The van der Waals surface area contributed by atoms with E-state index in [0.717, 1.165) is 22.3 Å². The molecule has 0 unspecified atom stereocenters. The molecule has 2 rings (SSSR count). The summed E-state index contributed by atoms with van der Waals surface area (Å²) in [5.74, 6) is 0. The molecule has 0 atom stereocenters. The van der Waals surface area contributed by atoms with Crippen LogP contribution in [0.5, 0.6) is 0 Å². The van der Waals surface area contributed by atoms with Crippen molar-refractivity contribution >= 4 is 16.6 Å². The SMILES string of the molecule is Cc1cc2nccc(N)c2cn1. The first-order valence-electron chi connectivity index (χ1n) is 3.74. The van der Waals surface area contributed by atoms with Crippen LogP contribution in [0.2, 0.25) is 0 Å². The number of hydrogen-bond donors (Lipinski definition) is 1. The molecule has 0 bridgehead atoms. The monoisotopic (exact) mass is 159 g/mol. The minimum absolute atomic E-state index is 0.729. The number of fused-ring (bicyclic) bond motifs is 1. The molecule has 60 valence electrons. The van der Waals surface area contributed by atoms with Gasteiger partial charge in [-0.2, -0.15) is 0 Å². The standard InChI is InChI=1S/C9H9N3/c1-6-4-9-7(5-12-6)8(10)2-3-11-9/h2-5H,1H3,(H2,10,11). The van der Waals surface area contributed by atoms with Crippen LogP contribution in [0.1, 0.15) is 5.69 Å². The fourth-order valence-electron chi connectivity index (χ4n) is 1.16. The van der Waals surface area contributed by atoms with E-state index >= 15 is 0 Å². The third-order valence-electron chi connectivity index (χ3n) is 1.80. The van der Waals surface area contributed by atoms with Gasteiger partial charge in [-0.05, 0) is 19.1 Å². The number of rotatable bonds is 0. The Labute approximate surface area is 70.3 Å². The highest BCUT2D eigenvalue weighted by molar-refractivity contribution is 5.89. The van der Waals surface area contributed by atoms with E-state index in [1.54, 1.807) is 18.5 Å². The number of aromatic nitrogens is 2. The van der Waals surface area contributed by atoms with Crippen LogP contribution in [0.3, 0.4) is 0 Å². The van der Waals surface area contributed by atoms with Gasteiger partial charge in [0.25, 0.3) is 0 Å². The van der Waals surface area contributed by atoms with Gasteiger partial charge in [-0.15, -0.1) is 0 Å². The summed E-state index contributed by atoms with van der Waals surface area (Å²) in [4.78, 5) is 8.33. The van der Waals surface area contributed by atoms with Crippen molar-refractivity contribution < 1.29 is 0 Å². The molecular formula is C9H9N3. The Morgan fingerprint density at radius 1 is 1.33 bits per heavy atom. The largest absolute Gasteiger partial charge is 0.398 e. The molecule has 0 radical (unpaired) electrons. The van der Waals surface area contributed by atoms with Crippen molar-refractivity contribution in [3.05, 3.63) is 30.2 Å². The highest BCUT2D eigenvalue weighted by atomic mass is 14.7. The third kappa shape index (κ3) is 0.993. The van der Waals surface area contributed by atoms with Gasteiger partial charge in [0.15, 0.2) is 0 Å². The highest BCUT2D eigenvalue weighted by Crippen LogP contribution is 2.17. The summed E-state index contributed by atoms with van der Waals surface area (Å²) < 4.78 is 0. The lowest BCUT2D eigenvalue weighted by Crippen LogP contribution is -1.90. The van der Waals surface area contributed by atoms with E-state index in [2.05, 4.69) is 9.97 Å². The smallest absolute Gasteiger partial charge is 0.0756 e. The number of anilines is 1. The fourth-order valence-corrected chi connectivity index (χ4v) is 1.16. The van der Waals surface area contributed by atoms with Gasteiger partial charge in [0.05, 0.1) is 5.52 Å². The Morgan fingerprint density at radius 2 is 2.17 bits per heavy atom. The summed E-state index contributed by atoms with van der Waals surface area (Å²) >= 11 is 0. The van der Waals surface area contributed by atoms with Crippen LogP contribution < -0.4 is 5.73 Å². The van der Waals surface area contributed by atoms with Crippen LogP contribution in [0.15, 0.2) is 24.5 Å². The normalized spacial score (nSPS) is 10.4. The quantitative estimate of drug-likeness (QED) is 0.634. The Balaban J connectivity index is 2.86. The zero-order valence-corrected chi connectivity index (χ0v) is 6.78.